The molecule has 0 spiro atoms. The van der Waals surface area contributed by atoms with E-state index in [9.17, 15) is 9.59 Å². The Bertz CT molecular complexity index is 578. The molecule has 0 unspecified atom stereocenters. The molecule has 0 bridgehead atoms. The van der Waals surface area contributed by atoms with Crippen molar-refractivity contribution in [1.29, 1.82) is 0 Å². The average molecular weight is 296 g/mol. The lowest BCUT2D eigenvalue weighted by Crippen LogP contribution is -2.25. The summed E-state index contributed by atoms with van der Waals surface area (Å²) in [7, 11) is 0. The van der Waals surface area contributed by atoms with Crippen LogP contribution in [0.15, 0.2) is 30.7 Å². The average Bonchev–Trinajstić information content (AvgIpc) is 3.06. The second-order valence-electron chi connectivity index (χ2n) is 4.14. The number of rotatable bonds is 7. The van der Waals surface area contributed by atoms with Crippen molar-refractivity contribution in [2.24, 2.45) is 0 Å². The van der Waals surface area contributed by atoms with Crippen molar-refractivity contribution in [3.8, 4) is 0 Å². The lowest BCUT2D eigenvalue weighted by atomic mass is 10.3. The minimum Gasteiger partial charge on any atom is -0.351 e. The Balaban J connectivity index is 1.82. The Morgan fingerprint density at radius 3 is 2.85 bits per heavy atom. The molecule has 0 aromatic carbocycles. The molecular weight excluding hydrogens is 282 g/mol. The molecule has 2 heterocycles. The summed E-state index contributed by atoms with van der Waals surface area (Å²) in [6, 6.07) is 3.45. The first-order valence-electron chi connectivity index (χ1n) is 6.12. The van der Waals surface area contributed by atoms with Crippen molar-refractivity contribution >= 4 is 22.8 Å². The van der Waals surface area contributed by atoms with Crippen molar-refractivity contribution in [3.05, 3.63) is 36.4 Å². The number of nitrogens with zero attached hydrogens (tertiary/aromatic N) is 4. The number of carbonyl (C=O) groups is 2. The van der Waals surface area contributed by atoms with E-state index in [1.807, 2.05) is 12.3 Å². The topological polar surface area (TPSA) is 81.8 Å². The molecule has 2 aromatic rings. The first kappa shape index (κ1) is 14.3. The number of carbonyl (C=O) groups excluding carboxylic acids is 2. The largest absolute Gasteiger partial charge is 0.351 e. The molecule has 0 fully saturated rings. The normalized spacial score (nSPS) is 10.4. The zero-order chi connectivity index (χ0) is 14.4. The van der Waals surface area contributed by atoms with Gasteiger partial charge in [0.05, 0.1) is 0 Å². The van der Waals surface area contributed by atoms with Gasteiger partial charge in [-0.1, -0.05) is 0 Å². The number of halogens is 1. The van der Waals surface area contributed by atoms with Crippen LogP contribution in [-0.4, -0.2) is 37.3 Å². The van der Waals surface area contributed by atoms with Gasteiger partial charge in [0.1, 0.15) is 12.4 Å². The lowest BCUT2D eigenvalue weighted by molar-refractivity contribution is -0.111. The van der Waals surface area contributed by atoms with Crippen molar-refractivity contribution in [2.45, 2.75) is 19.5 Å². The molecule has 1 amide bonds. The van der Waals surface area contributed by atoms with Crippen molar-refractivity contribution in [3.63, 3.8) is 0 Å². The zero-order valence-electron chi connectivity index (χ0n) is 10.7. The summed E-state index contributed by atoms with van der Waals surface area (Å²) in [6.07, 6.45) is 5.95. The van der Waals surface area contributed by atoms with E-state index in [1.165, 1.54) is 0 Å². The number of hydrogen-bond acceptors (Lipinski definition) is 4. The number of amides is 1. The smallest absolute Gasteiger partial charge is 0.271 e. The second kappa shape index (κ2) is 6.85. The van der Waals surface area contributed by atoms with Crippen LogP contribution >= 0.6 is 11.6 Å². The van der Waals surface area contributed by atoms with Gasteiger partial charge in [-0.05, 0) is 30.2 Å². The van der Waals surface area contributed by atoms with Crippen molar-refractivity contribution < 1.29 is 9.59 Å². The monoisotopic (exact) mass is 295 g/mol. The van der Waals surface area contributed by atoms with Crippen molar-refractivity contribution in [2.75, 3.05) is 6.54 Å². The third kappa shape index (κ3) is 4.20. The Morgan fingerprint density at radius 2 is 2.15 bits per heavy atom. The molecule has 0 atom stereocenters. The zero-order valence-corrected chi connectivity index (χ0v) is 11.5. The molecule has 20 heavy (non-hydrogen) atoms. The van der Waals surface area contributed by atoms with Gasteiger partial charge in [0.15, 0.2) is 0 Å². The molecule has 0 aliphatic rings. The van der Waals surface area contributed by atoms with Crippen LogP contribution in [0, 0.1) is 0 Å². The summed E-state index contributed by atoms with van der Waals surface area (Å²) in [5.74, 6) is -0.272. The van der Waals surface area contributed by atoms with Gasteiger partial charge in [-0.2, -0.15) is 10.2 Å². The van der Waals surface area contributed by atoms with Gasteiger partial charge in [0.2, 0.25) is 5.24 Å². The van der Waals surface area contributed by atoms with Crippen LogP contribution in [0.25, 0.3) is 0 Å². The van der Waals surface area contributed by atoms with E-state index in [2.05, 4.69) is 15.5 Å². The highest BCUT2D eigenvalue weighted by Crippen LogP contribution is 1.98. The van der Waals surface area contributed by atoms with Crippen LogP contribution in [0.1, 0.15) is 23.3 Å². The fraction of sp³-hybridized carbons (Fsp3) is 0.333. The molecular formula is C12H14ClN5O2. The molecule has 0 radical (unpaired) electrons. The van der Waals surface area contributed by atoms with E-state index < -0.39 is 5.24 Å². The maximum Gasteiger partial charge on any atom is 0.271 e. The Labute approximate surface area is 120 Å². The summed E-state index contributed by atoms with van der Waals surface area (Å²) in [5, 5.41) is 10.5. The SMILES string of the molecule is O=C(Cl)CCCNC(=O)c1ccn(Cn2cccn2)n1. The first-order chi connectivity index (χ1) is 9.65. The van der Waals surface area contributed by atoms with Crippen LogP contribution < -0.4 is 5.32 Å². The Morgan fingerprint density at radius 1 is 1.30 bits per heavy atom. The van der Waals surface area contributed by atoms with Gasteiger partial charge in [-0.3, -0.25) is 19.0 Å². The van der Waals surface area contributed by atoms with Crippen LogP contribution in [0.5, 0.6) is 0 Å². The molecule has 0 aliphatic carbocycles. The van der Waals surface area contributed by atoms with E-state index in [1.54, 1.807) is 27.8 Å². The fourth-order valence-corrected chi connectivity index (χ4v) is 1.75. The Kier molecular flexibility index (Phi) is 4.89. The molecule has 2 rings (SSSR count). The van der Waals surface area contributed by atoms with Gasteiger partial charge in [0.25, 0.3) is 5.91 Å². The van der Waals surface area contributed by atoms with Crippen LogP contribution in [-0.2, 0) is 11.5 Å². The van der Waals surface area contributed by atoms with Crippen LogP contribution in [0.3, 0.4) is 0 Å². The molecule has 8 heteroatoms. The predicted octanol–water partition coefficient (Wildman–Crippen LogP) is 0.861. The van der Waals surface area contributed by atoms with Gasteiger partial charge < -0.3 is 5.32 Å². The molecule has 106 valence electrons. The third-order valence-electron chi connectivity index (χ3n) is 2.56. The van der Waals surface area contributed by atoms with Gasteiger partial charge in [-0.15, -0.1) is 0 Å². The highest BCUT2D eigenvalue weighted by atomic mass is 35.5. The van der Waals surface area contributed by atoms with Gasteiger partial charge in [-0.25, -0.2) is 0 Å². The highest BCUT2D eigenvalue weighted by molar-refractivity contribution is 6.63. The number of aromatic nitrogens is 4. The summed E-state index contributed by atoms with van der Waals surface area (Å²) in [6.45, 7) is 0.838. The second-order valence-corrected chi connectivity index (χ2v) is 4.56. The van der Waals surface area contributed by atoms with Gasteiger partial charge in [0, 0.05) is 31.6 Å². The molecule has 1 N–H and O–H groups in total. The fourth-order valence-electron chi connectivity index (χ4n) is 1.61. The van der Waals surface area contributed by atoms with Crippen molar-refractivity contribution in [1.82, 2.24) is 24.9 Å². The summed E-state index contributed by atoms with van der Waals surface area (Å²) >= 11 is 5.21. The predicted molar refractivity (Wildman–Crippen MR) is 72.3 cm³/mol. The first-order valence-corrected chi connectivity index (χ1v) is 6.50. The standard InChI is InChI=1S/C12H14ClN5O2/c13-11(19)3-1-5-14-12(20)10-4-8-18(16-10)9-17-7-2-6-15-17/h2,4,6-8H,1,3,5,9H2,(H,14,20). The maximum absolute atomic E-state index is 11.8. The number of hydrogen-bond donors (Lipinski definition) is 1. The summed E-state index contributed by atoms with van der Waals surface area (Å²) in [4.78, 5) is 22.3. The summed E-state index contributed by atoms with van der Waals surface area (Å²) < 4.78 is 3.31. The molecule has 2 aromatic heterocycles. The summed E-state index contributed by atoms with van der Waals surface area (Å²) in [5.41, 5.74) is 0.328. The highest BCUT2D eigenvalue weighted by Gasteiger charge is 2.09. The van der Waals surface area contributed by atoms with Gasteiger partial charge >= 0.3 is 0 Å². The lowest BCUT2D eigenvalue weighted by Gasteiger charge is -2.02. The quantitative estimate of drug-likeness (QED) is 0.607. The third-order valence-corrected chi connectivity index (χ3v) is 2.75. The van der Waals surface area contributed by atoms with E-state index in [-0.39, 0.29) is 12.3 Å². The van der Waals surface area contributed by atoms with E-state index in [0.29, 0.717) is 25.3 Å². The molecule has 7 nitrogen and oxygen atoms in total. The molecule has 0 aliphatic heterocycles. The van der Waals surface area contributed by atoms with Crippen LogP contribution in [0.4, 0.5) is 0 Å². The van der Waals surface area contributed by atoms with E-state index in [0.717, 1.165) is 0 Å². The molecule has 0 saturated heterocycles. The van der Waals surface area contributed by atoms with E-state index >= 15 is 0 Å². The Hall–Kier alpha value is -2.15. The van der Waals surface area contributed by atoms with E-state index in [4.69, 9.17) is 11.6 Å². The minimum absolute atomic E-state index is 0.246. The number of nitrogens with one attached hydrogen (secondary N) is 1. The minimum atomic E-state index is -0.400. The molecule has 0 saturated carbocycles. The maximum atomic E-state index is 11.8. The van der Waals surface area contributed by atoms with Crippen LogP contribution in [0.2, 0.25) is 0 Å².